The summed E-state index contributed by atoms with van der Waals surface area (Å²) in [5, 5.41) is 0. The van der Waals surface area contributed by atoms with Crippen LogP contribution in [0.2, 0.25) is 0 Å². The zero-order valence-corrected chi connectivity index (χ0v) is 27.9. The highest BCUT2D eigenvalue weighted by Crippen LogP contribution is 2.58. The molecule has 0 radical (unpaired) electrons. The molecular weight excluding hydrogens is 624 g/mol. The van der Waals surface area contributed by atoms with Crippen LogP contribution >= 0.6 is 7.83 Å². The van der Waals surface area contributed by atoms with Crippen LogP contribution in [0.1, 0.15) is 62.6 Å². The summed E-state index contributed by atoms with van der Waals surface area (Å²) in [5.74, 6) is 1.22. The van der Waals surface area contributed by atoms with Crippen molar-refractivity contribution < 1.29 is 27.5 Å². The number of aromatic nitrogens is 2. The lowest BCUT2D eigenvalue weighted by molar-refractivity contribution is -0.0945. The van der Waals surface area contributed by atoms with Gasteiger partial charge in [0.25, 0.3) is 5.56 Å². The molecule has 0 saturated carbocycles. The average Bonchev–Trinajstić information content (AvgIpc) is 3.42. The minimum Gasteiger partial charge on any atom is -0.457 e. The molecule has 1 aromatic heterocycles. The molecule has 3 heterocycles. The van der Waals surface area contributed by atoms with Gasteiger partial charge >= 0.3 is 13.5 Å². The van der Waals surface area contributed by atoms with Crippen LogP contribution < -0.4 is 16.0 Å². The first-order valence-corrected chi connectivity index (χ1v) is 17.2. The van der Waals surface area contributed by atoms with Crippen LogP contribution in [0, 0.1) is 6.92 Å². The standard InChI is InChI=1S/C35H39FN3O7P/c1-22(2)39(23(3)4)47(36,42)46-30-19-32(38-20-24(5)33(40)37-34(38)41)45-31(30)21-43-35(25-13-7-6-8-14-25)26-15-9-11-17-28(26)44-29-18-12-10-16-27(29)35/h6-18,20,22-23,30-32H,19,21H2,1-5H3,(H,37,40,41)/t30-,31+,32+,47?/m0/s1. The Kier molecular flexibility index (Phi) is 9.13. The first-order chi connectivity index (χ1) is 22.4. The van der Waals surface area contributed by atoms with Gasteiger partial charge in [0.1, 0.15) is 29.9 Å². The first kappa shape index (κ1) is 33.1. The van der Waals surface area contributed by atoms with Gasteiger partial charge in [-0.25, -0.2) is 14.0 Å². The van der Waals surface area contributed by atoms with Gasteiger partial charge in [0, 0.05) is 41.4 Å². The fraction of sp³-hybridized carbons (Fsp3) is 0.371. The number of aromatic amines is 1. The molecule has 47 heavy (non-hydrogen) atoms. The molecule has 1 N–H and O–H groups in total. The van der Waals surface area contributed by atoms with Crippen molar-refractivity contribution in [1.82, 2.24) is 14.2 Å². The fourth-order valence-corrected chi connectivity index (χ4v) is 8.46. The fourth-order valence-electron chi connectivity index (χ4n) is 6.69. The lowest BCUT2D eigenvalue weighted by Gasteiger charge is -2.41. The van der Waals surface area contributed by atoms with Gasteiger partial charge in [0.05, 0.1) is 6.61 Å². The van der Waals surface area contributed by atoms with Crippen LogP contribution in [0.25, 0.3) is 0 Å². The number of aryl methyl sites for hydroxylation is 1. The third-order valence-electron chi connectivity index (χ3n) is 8.63. The van der Waals surface area contributed by atoms with Crippen LogP contribution in [0.15, 0.2) is 94.6 Å². The van der Waals surface area contributed by atoms with E-state index in [1.807, 2.05) is 78.9 Å². The third-order valence-corrected chi connectivity index (χ3v) is 10.6. The van der Waals surface area contributed by atoms with E-state index in [4.69, 9.17) is 18.7 Å². The maximum Gasteiger partial charge on any atom is 0.446 e. The predicted molar refractivity (Wildman–Crippen MR) is 176 cm³/mol. The van der Waals surface area contributed by atoms with Gasteiger partial charge in [-0.05, 0) is 52.3 Å². The van der Waals surface area contributed by atoms with Gasteiger partial charge in [-0.15, -0.1) is 4.20 Å². The van der Waals surface area contributed by atoms with E-state index in [1.54, 1.807) is 34.6 Å². The zero-order valence-electron chi connectivity index (χ0n) is 27.0. The van der Waals surface area contributed by atoms with E-state index in [9.17, 15) is 14.2 Å². The van der Waals surface area contributed by atoms with Crippen LogP contribution in [0.4, 0.5) is 4.20 Å². The molecular formula is C35H39FN3O7P. The molecule has 1 saturated heterocycles. The summed E-state index contributed by atoms with van der Waals surface area (Å²) in [6, 6.07) is 24.1. The molecule has 3 aromatic carbocycles. The zero-order chi connectivity index (χ0) is 33.5. The van der Waals surface area contributed by atoms with E-state index in [0.717, 1.165) is 16.7 Å². The van der Waals surface area contributed by atoms with Gasteiger partial charge < -0.3 is 14.2 Å². The van der Waals surface area contributed by atoms with Gasteiger partial charge in [-0.3, -0.25) is 18.9 Å². The van der Waals surface area contributed by atoms with Gasteiger partial charge in [-0.1, -0.05) is 66.7 Å². The van der Waals surface area contributed by atoms with Crippen molar-refractivity contribution in [2.45, 2.75) is 77.2 Å². The molecule has 0 aliphatic carbocycles. The number of halogens is 1. The van der Waals surface area contributed by atoms with Crippen LogP contribution in [-0.2, 0) is 24.2 Å². The summed E-state index contributed by atoms with van der Waals surface area (Å²) < 4.78 is 57.8. The van der Waals surface area contributed by atoms with Crippen LogP contribution in [0.3, 0.4) is 0 Å². The number of ether oxygens (including phenoxy) is 3. The number of H-pyrrole nitrogens is 1. The normalized spacial score (nSPS) is 21.3. The Hall–Kier alpha value is -3.86. The predicted octanol–water partition coefficient (Wildman–Crippen LogP) is 6.83. The Balaban J connectivity index is 1.43. The molecule has 4 atom stereocenters. The summed E-state index contributed by atoms with van der Waals surface area (Å²) in [5.41, 5.74) is 0.253. The van der Waals surface area contributed by atoms with E-state index in [2.05, 4.69) is 4.98 Å². The number of para-hydroxylation sites is 2. The molecule has 0 amide bonds. The third kappa shape index (κ3) is 6.14. The number of hydrogen-bond donors (Lipinski definition) is 1. The molecule has 2 aliphatic heterocycles. The van der Waals surface area contributed by atoms with Gasteiger partial charge in [0.2, 0.25) is 0 Å². The number of rotatable bonds is 10. The number of benzene rings is 3. The Labute approximate surface area is 272 Å². The molecule has 0 spiro atoms. The Bertz CT molecular complexity index is 1860. The second-order valence-corrected chi connectivity index (χ2v) is 14.0. The largest absolute Gasteiger partial charge is 0.457 e. The molecule has 0 bridgehead atoms. The van der Waals surface area contributed by atoms with E-state index in [0.29, 0.717) is 17.1 Å². The smallest absolute Gasteiger partial charge is 0.446 e. The van der Waals surface area contributed by atoms with E-state index in [1.165, 1.54) is 15.4 Å². The highest BCUT2D eigenvalue weighted by molar-refractivity contribution is 7.50. The summed E-state index contributed by atoms with van der Waals surface area (Å²) in [4.78, 5) is 27.3. The molecule has 6 rings (SSSR count). The van der Waals surface area contributed by atoms with Crippen molar-refractivity contribution in [2.24, 2.45) is 0 Å². The Morgan fingerprint density at radius 3 is 2.13 bits per heavy atom. The molecule has 1 fully saturated rings. The summed E-state index contributed by atoms with van der Waals surface area (Å²) >= 11 is 0. The van der Waals surface area contributed by atoms with E-state index >= 15 is 4.20 Å². The average molecular weight is 664 g/mol. The Morgan fingerprint density at radius 1 is 0.957 bits per heavy atom. The summed E-state index contributed by atoms with van der Waals surface area (Å²) in [7, 11) is -4.85. The SMILES string of the molecule is Cc1cn([C@H]2C[C@H](OP(=O)(F)N(C(C)C)C(C)C)[C@@H](COC3(c4ccccc4)c4ccccc4Oc4ccccc43)O2)c(=O)[nH]c1=O. The second-order valence-electron chi connectivity index (χ2n) is 12.5. The first-order valence-electron chi connectivity index (χ1n) is 15.7. The lowest BCUT2D eigenvalue weighted by atomic mass is 9.77. The Morgan fingerprint density at radius 2 is 1.53 bits per heavy atom. The molecule has 10 nitrogen and oxygen atoms in total. The summed E-state index contributed by atoms with van der Waals surface area (Å²) in [6.45, 7) is 8.42. The summed E-state index contributed by atoms with van der Waals surface area (Å²) in [6.07, 6.45) is -1.62. The molecule has 12 heteroatoms. The minimum absolute atomic E-state index is 0.0218. The van der Waals surface area contributed by atoms with Crippen molar-refractivity contribution in [1.29, 1.82) is 0 Å². The quantitative estimate of drug-likeness (QED) is 0.184. The van der Waals surface area contributed by atoms with Crippen molar-refractivity contribution >= 4 is 7.83 Å². The van der Waals surface area contributed by atoms with Crippen LogP contribution in [-0.4, -0.2) is 45.1 Å². The van der Waals surface area contributed by atoms with Crippen molar-refractivity contribution in [3.63, 3.8) is 0 Å². The second kappa shape index (κ2) is 13.0. The number of hydrogen-bond acceptors (Lipinski definition) is 7. The number of fused-ring (bicyclic) bond motifs is 2. The monoisotopic (exact) mass is 663 g/mol. The van der Waals surface area contributed by atoms with Crippen LogP contribution in [0.5, 0.6) is 11.5 Å². The van der Waals surface area contributed by atoms with Crippen molar-refractivity contribution in [2.75, 3.05) is 6.61 Å². The molecule has 248 valence electrons. The minimum atomic E-state index is -4.85. The molecule has 4 aromatic rings. The van der Waals surface area contributed by atoms with Crippen molar-refractivity contribution in [3.8, 4) is 11.5 Å². The maximum atomic E-state index is 16.2. The highest BCUT2D eigenvalue weighted by atomic mass is 31.2. The van der Waals surface area contributed by atoms with Gasteiger partial charge in [-0.2, -0.15) is 0 Å². The topological polar surface area (TPSA) is 112 Å². The lowest BCUT2D eigenvalue weighted by Crippen LogP contribution is -2.41. The molecule has 2 aliphatic rings. The maximum absolute atomic E-state index is 16.2. The van der Waals surface area contributed by atoms with E-state index in [-0.39, 0.29) is 13.0 Å². The van der Waals surface area contributed by atoms with Gasteiger partial charge in [0.15, 0.2) is 5.60 Å². The number of nitrogens with one attached hydrogen (secondary N) is 1. The van der Waals surface area contributed by atoms with Crippen molar-refractivity contribution in [3.05, 3.63) is 128 Å². The molecule has 1 unspecified atom stereocenters. The highest BCUT2D eigenvalue weighted by Gasteiger charge is 2.49. The van der Waals surface area contributed by atoms with E-state index < -0.39 is 55.2 Å². The number of nitrogens with zero attached hydrogens (tertiary/aromatic N) is 2.